The number of nitrogens with one attached hydrogen (secondary N) is 1. The van der Waals surface area contributed by atoms with Gasteiger partial charge in [0.2, 0.25) is 5.89 Å². The summed E-state index contributed by atoms with van der Waals surface area (Å²) >= 11 is 0. The highest BCUT2D eigenvalue weighted by Crippen LogP contribution is 2.33. The Kier molecular flexibility index (Phi) is 2.69. The molecule has 100 valence electrons. The number of hydrogen-bond donors (Lipinski definition) is 1. The molecule has 0 fully saturated rings. The van der Waals surface area contributed by atoms with Gasteiger partial charge in [-0.15, -0.1) is 0 Å². The highest BCUT2D eigenvalue weighted by molar-refractivity contribution is 5.56. The molecule has 1 atom stereocenters. The molecule has 0 saturated heterocycles. The van der Waals surface area contributed by atoms with Gasteiger partial charge in [0.1, 0.15) is 12.5 Å². The van der Waals surface area contributed by atoms with Crippen molar-refractivity contribution in [3.63, 3.8) is 0 Å². The number of halogens is 3. The Morgan fingerprint density at radius 3 is 2.84 bits per heavy atom. The second kappa shape index (κ2) is 4.25. The van der Waals surface area contributed by atoms with Crippen molar-refractivity contribution in [2.75, 3.05) is 5.32 Å². The van der Waals surface area contributed by atoms with Gasteiger partial charge in [0.15, 0.2) is 5.82 Å². The average Bonchev–Trinajstić information content (AvgIpc) is 2.91. The Hall–Kier alpha value is -2.05. The van der Waals surface area contributed by atoms with Gasteiger partial charge in [-0.3, -0.25) is 0 Å². The fourth-order valence-corrected chi connectivity index (χ4v) is 2.11. The maximum absolute atomic E-state index is 12.2. The van der Waals surface area contributed by atoms with Crippen molar-refractivity contribution >= 4 is 5.69 Å². The summed E-state index contributed by atoms with van der Waals surface area (Å²) in [6.07, 6.45) is -4.87. The highest BCUT2D eigenvalue weighted by Gasteiger charge is 2.32. The lowest BCUT2D eigenvalue weighted by Crippen LogP contribution is -2.13. The number of fused-ring (bicyclic) bond motifs is 1. The molecule has 0 aliphatic carbocycles. The smallest absolute Gasteiger partial charge is 0.373 e. The first-order valence-electron chi connectivity index (χ1n) is 5.75. The lowest BCUT2D eigenvalue weighted by molar-refractivity contribution is -0.128. The number of nitrogens with zero attached hydrogens (tertiary/aromatic N) is 2. The molecular weight excluding hydrogens is 259 g/mol. The van der Waals surface area contributed by atoms with Gasteiger partial charge >= 0.3 is 6.18 Å². The number of hydrogen-bond acceptors (Lipinski definition) is 4. The first kappa shape index (κ1) is 12.0. The topological polar surface area (TPSA) is 51.0 Å². The molecule has 2 heterocycles. The highest BCUT2D eigenvalue weighted by atomic mass is 19.4. The molecule has 4 nitrogen and oxygen atoms in total. The summed E-state index contributed by atoms with van der Waals surface area (Å²) in [6.45, 7) is 0. The van der Waals surface area contributed by atoms with Crippen molar-refractivity contribution in [3.05, 3.63) is 41.5 Å². The van der Waals surface area contributed by atoms with Gasteiger partial charge in [-0.05, 0) is 11.6 Å². The number of alkyl halides is 3. The van der Waals surface area contributed by atoms with Crippen LogP contribution in [0.4, 0.5) is 18.9 Å². The van der Waals surface area contributed by atoms with Crippen LogP contribution in [0.2, 0.25) is 0 Å². The van der Waals surface area contributed by atoms with Crippen LogP contribution in [-0.2, 0) is 12.8 Å². The standard InChI is InChI=1S/C12H10F3N3O/c13-12(14,15)6-10-17-11(19-18-10)9-5-7-3-1-2-4-8(7)16-9/h1-4,9,16H,5-6H2/t9-/m0/s1. The minimum atomic E-state index is -4.33. The summed E-state index contributed by atoms with van der Waals surface area (Å²) in [5.74, 6) is -0.143. The minimum Gasteiger partial charge on any atom is -0.373 e. The van der Waals surface area contributed by atoms with E-state index in [0.717, 1.165) is 11.3 Å². The number of aromatic nitrogens is 2. The Labute approximate surface area is 106 Å². The molecule has 1 N–H and O–H groups in total. The molecule has 7 heteroatoms. The van der Waals surface area contributed by atoms with Crippen LogP contribution in [0.1, 0.15) is 23.3 Å². The molecule has 1 aromatic carbocycles. The number of benzene rings is 1. The molecule has 0 bridgehead atoms. The van der Waals surface area contributed by atoms with E-state index in [1.54, 1.807) is 0 Å². The van der Waals surface area contributed by atoms with Gasteiger partial charge in [-0.1, -0.05) is 23.4 Å². The molecule has 0 radical (unpaired) electrons. The summed E-state index contributed by atoms with van der Waals surface area (Å²) in [4.78, 5) is 3.80. The summed E-state index contributed by atoms with van der Waals surface area (Å²) < 4.78 is 41.5. The predicted octanol–water partition coefficient (Wildman–Crippen LogP) is 2.88. The van der Waals surface area contributed by atoms with E-state index in [1.807, 2.05) is 24.3 Å². The molecule has 1 aliphatic rings. The SMILES string of the molecule is FC(F)(F)Cc1noc([C@@H]2Cc3ccccc3N2)n1. The van der Waals surface area contributed by atoms with Gasteiger partial charge in [0.05, 0.1) is 0 Å². The molecule has 0 unspecified atom stereocenters. The summed E-state index contributed by atoms with van der Waals surface area (Å²) in [5, 5.41) is 6.51. The average molecular weight is 269 g/mol. The number of para-hydroxylation sites is 1. The summed E-state index contributed by atoms with van der Waals surface area (Å²) in [7, 11) is 0. The molecule has 1 aromatic heterocycles. The first-order chi connectivity index (χ1) is 9.01. The van der Waals surface area contributed by atoms with Gasteiger partial charge in [0.25, 0.3) is 0 Å². The van der Waals surface area contributed by atoms with Crippen LogP contribution in [0.3, 0.4) is 0 Å². The maximum atomic E-state index is 12.2. The van der Waals surface area contributed by atoms with E-state index >= 15 is 0 Å². The maximum Gasteiger partial charge on any atom is 0.396 e. The van der Waals surface area contributed by atoms with E-state index in [1.165, 1.54) is 0 Å². The van der Waals surface area contributed by atoms with Crippen molar-refractivity contribution in [2.45, 2.75) is 25.1 Å². The van der Waals surface area contributed by atoms with Crippen LogP contribution in [0.5, 0.6) is 0 Å². The third-order valence-corrected chi connectivity index (χ3v) is 2.91. The first-order valence-corrected chi connectivity index (χ1v) is 5.75. The normalized spacial score (nSPS) is 18.2. The van der Waals surface area contributed by atoms with Crippen LogP contribution < -0.4 is 5.32 Å². The summed E-state index contributed by atoms with van der Waals surface area (Å²) in [6, 6.07) is 7.40. The number of rotatable bonds is 2. The van der Waals surface area contributed by atoms with Crippen molar-refractivity contribution in [1.29, 1.82) is 0 Å². The molecular formula is C12H10F3N3O. The van der Waals surface area contributed by atoms with Gasteiger partial charge in [-0.2, -0.15) is 18.2 Å². The third-order valence-electron chi connectivity index (χ3n) is 2.91. The lowest BCUT2D eigenvalue weighted by atomic mass is 10.1. The van der Waals surface area contributed by atoms with E-state index < -0.39 is 12.6 Å². The second-order valence-electron chi connectivity index (χ2n) is 4.40. The van der Waals surface area contributed by atoms with Crippen LogP contribution in [0, 0.1) is 0 Å². The van der Waals surface area contributed by atoms with Crippen molar-refractivity contribution in [2.24, 2.45) is 0 Å². The van der Waals surface area contributed by atoms with Crippen molar-refractivity contribution < 1.29 is 17.7 Å². The fraction of sp³-hybridized carbons (Fsp3) is 0.333. The fourth-order valence-electron chi connectivity index (χ4n) is 2.11. The Morgan fingerprint density at radius 1 is 1.32 bits per heavy atom. The van der Waals surface area contributed by atoms with Crippen molar-refractivity contribution in [3.8, 4) is 0 Å². The molecule has 19 heavy (non-hydrogen) atoms. The van der Waals surface area contributed by atoms with E-state index in [4.69, 9.17) is 4.52 Å². The zero-order valence-electron chi connectivity index (χ0n) is 9.74. The quantitative estimate of drug-likeness (QED) is 0.910. The largest absolute Gasteiger partial charge is 0.396 e. The van der Waals surface area contributed by atoms with Gasteiger partial charge in [0, 0.05) is 12.1 Å². The Balaban J connectivity index is 1.75. The van der Waals surface area contributed by atoms with E-state index in [9.17, 15) is 13.2 Å². The van der Waals surface area contributed by atoms with E-state index in [2.05, 4.69) is 15.5 Å². The molecule has 2 aromatic rings. The summed E-state index contributed by atoms with van der Waals surface area (Å²) in [5.41, 5.74) is 2.03. The monoisotopic (exact) mass is 269 g/mol. The van der Waals surface area contributed by atoms with E-state index in [0.29, 0.717) is 6.42 Å². The molecule has 1 aliphatic heterocycles. The van der Waals surface area contributed by atoms with Crippen LogP contribution in [0.25, 0.3) is 0 Å². The number of anilines is 1. The zero-order chi connectivity index (χ0) is 13.5. The Morgan fingerprint density at radius 2 is 2.11 bits per heavy atom. The van der Waals surface area contributed by atoms with Crippen molar-refractivity contribution in [1.82, 2.24) is 10.1 Å². The Bertz CT molecular complexity index is 569. The van der Waals surface area contributed by atoms with Gasteiger partial charge < -0.3 is 9.84 Å². The minimum absolute atomic E-state index is 0.190. The van der Waals surface area contributed by atoms with E-state index in [-0.39, 0.29) is 17.8 Å². The van der Waals surface area contributed by atoms with Crippen LogP contribution in [-0.4, -0.2) is 16.3 Å². The molecule has 0 spiro atoms. The second-order valence-corrected chi connectivity index (χ2v) is 4.40. The molecule has 3 rings (SSSR count). The van der Waals surface area contributed by atoms with Crippen LogP contribution >= 0.6 is 0 Å². The predicted molar refractivity (Wildman–Crippen MR) is 60.6 cm³/mol. The van der Waals surface area contributed by atoms with Crippen LogP contribution in [0.15, 0.2) is 28.8 Å². The lowest BCUT2D eigenvalue weighted by Gasteiger charge is -2.04. The van der Waals surface area contributed by atoms with Gasteiger partial charge in [-0.25, -0.2) is 0 Å². The molecule has 0 amide bonds. The zero-order valence-corrected chi connectivity index (χ0v) is 9.74. The third kappa shape index (κ3) is 2.54. The molecule has 0 saturated carbocycles.